The fourth-order valence-electron chi connectivity index (χ4n) is 2.05. The van der Waals surface area contributed by atoms with Gasteiger partial charge in [0.1, 0.15) is 5.75 Å². The van der Waals surface area contributed by atoms with Gasteiger partial charge in [-0.1, -0.05) is 13.3 Å². The molecule has 0 saturated heterocycles. The van der Waals surface area contributed by atoms with Crippen molar-refractivity contribution >= 4 is 34.5 Å². The average Bonchev–Trinajstić information content (AvgIpc) is 2.57. The van der Waals surface area contributed by atoms with Crippen LogP contribution in [0.1, 0.15) is 37.0 Å². The summed E-state index contributed by atoms with van der Waals surface area (Å²) < 4.78 is 5.63. The van der Waals surface area contributed by atoms with Gasteiger partial charge in [0.05, 0.1) is 6.61 Å². The van der Waals surface area contributed by atoms with Crippen LogP contribution < -0.4 is 15.4 Å². The van der Waals surface area contributed by atoms with Crippen molar-refractivity contribution in [2.75, 3.05) is 17.2 Å². The van der Waals surface area contributed by atoms with Crippen molar-refractivity contribution in [3.63, 3.8) is 0 Å². The van der Waals surface area contributed by atoms with Crippen molar-refractivity contribution < 1.29 is 9.53 Å². The fraction of sp³-hybridized carbons (Fsp3) is 0.263. The molecule has 0 radical (unpaired) electrons. The zero-order valence-electron chi connectivity index (χ0n) is 14.0. The molecular formula is C19H22N2O2S. The maximum Gasteiger partial charge on any atom is 0.175 e. The minimum absolute atomic E-state index is 0.0449. The Morgan fingerprint density at radius 1 is 1.00 bits per heavy atom. The number of ketones is 1. The highest BCUT2D eigenvalue weighted by Gasteiger charge is 2.02. The Morgan fingerprint density at radius 3 is 2.04 bits per heavy atom. The van der Waals surface area contributed by atoms with E-state index in [0.29, 0.717) is 10.7 Å². The minimum atomic E-state index is 0.0449. The van der Waals surface area contributed by atoms with Crippen LogP contribution in [0.3, 0.4) is 0 Å². The van der Waals surface area contributed by atoms with Crippen LogP contribution in [0.25, 0.3) is 0 Å². The first-order valence-electron chi connectivity index (χ1n) is 8.00. The smallest absolute Gasteiger partial charge is 0.175 e. The molecule has 126 valence electrons. The van der Waals surface area contributed by atoms with Crippen molar-refractivity contribution in [3.8, 4) is 5.75 Å². The normalized spacial score (nSPS) is 10.1. The molecule has 2 aromatic rings. The Morgan fingerprint density at radius 2 is 1.54 bits per heavy atom. The second kappa shape index (κ2) is 9.03. The van der Waals surface area contributed by atoms with Gasteiger partial charge in [-0.25, -0.2) is 0 Å². The van der Waals surface area contributed by atoms with Gasteiger partial charge in [0.25, 0.3) is 0 Å². The molecular weight excluding hydrogens is 320 g/mol. The van der Waals surface area contributed by atoms with Crippen LogP contribution in [0, 0.1) is 0 Å². The summed E-state index contributed by atoms with van der Waals surface area (Å²) in [6.07, 6.45) is 2.17. The number of nitrogens with one attached hydrogen (secondary N) is 2. The van der Waals surface area contributed by atoms with Crippen LogP contribution in [0.5, 0.6) is 5.75 Å². The number of rotatable bonds is 7. The molecule has 0 fully saturated rings. The minimum Gasteiger partial charge on any atom is -0.494 e. The standard InChI is InChI=1S/C19H22N2O2S/c1-3-4-13-23-18-11-9-17(10-12-18)21-19(24)20-16-7-5-15(6-8-16)14(2)22/h5-12H,3-4,13H2,1-2H3,(H2,20,21,24). The molecule has 24 heavy (non-hydrogen) atoms. The van der Waals surface area contributed by atoms with Crippen LogP contribution in [0.2, 0.25) is 0 Å². The average molecular weight is 342 g/mol. The van der Waals surface area contributed by atoms with E-state index < -0.39 is 0 Å². The van der Waals surface area contributed by atoms with Crippen LogP contribution in [0.15, 0.2) is 48.5 Å². The van der Waals surface area contributed by atoms with E-state index in [2.05, 4.69) is 17.6 Å². The van der Waals surface area contributed by atoms with Crippen LogP contribution in [0.4, 0.5) is 11.4 Å². The first-order valence-corrected chi connectivity index (χ1v) is 8.41. The van der Waals surface area contributed by atoms with Gasteiger partial charge >= 0.3 is 0 Å². The summed E-state index contributed by atoms with van der Waals surface area (Å²) in [5.41, 5.74) is 2.39. The second-order valence-corrected chi connectivity index (χ2v) is 5.85. The van der Waals surface area contributed by atoms with Gasteiger partial charge in [-0.05, 0) is 74.1 Å². The van der Waals surface area contributed by atoms with Crippen molar-refractivity contribution in [2.45, 2.75) is 26.7 Å². The molecule has 0 amide bonds. The highest BCUT2D eigenvalue weighted by molar-refractivity contribution is 7.80. The van der Waals surface area contributed by atoms with Gasteiger partial charge in [-0.15, -0.1) is 0 Å². The molecule has 0 unspecified atom stereocenters. The van der Waals surface area contributed by atoms with Crippen molar-refractivity contribution in [2.24, 2.45) is 0 Å². The number of anilines is 2. The van der Waals surface area contributed by atoms with E-state index in [1.54, 1.807) is 19.1 Å². The number of unbranched alkanes of at least 4 members (excludes halogenated alkanes) is 1. The first kappa shape index (κ1) is 17.9. The first-order chi connectivity index (χ1) is 11.6. The quantitative estimate of drug-likeness (QED) is 0.427. The zero-order chi connectivity index (χ0) is 17.4. The Bertz CT molecular complexity index is 682. The molecule has 0 atom stereocenters. The Labute approximate surface area is 148 Å². The molecule has 0 bridgehead atoms. The van der Waals surface area contributed by atoms with E-state index in [0.717, 1.165) is 36.6 Å². The number of hydrogen-bond donors (Lipinski definition) is 2. The Hall–Kier alpha value is -2.40. The summed E-state index contributed by atoms with van der Waals surface area (Å²) >= 11 is 5.30. The molecule has 0 aliphatic heterocycles. The highest BCUT2D eigenvalue weighted by Crippen LogP contribution is 2.17. The summed E-state index contributed by atoms with van der Waals surface area (Å²) in [5.74, 6) is 0.899. The van der Waals surface area contributed by atoms with E-state index in [9.17, 15) is 4.79 Å². The summed E-state index contributed by atoms with van der Waals surface area (Å²) in [5, 5.41) is 6.70. The number of Topliss-reactive ketones (excluding diaryl/α,β-unsaturated/α-hetero) is 1. The van der Waals surface area contributed by atoms with Gasteiger partial charge in [-0.2, -0.15) is 0 Å². The number of benzene rings is 2. The lowest BCUT2D eigenvalue weighted by molar-refractivity contribution is 0.101. The second-order valence-electron chi connectivity index (χ2n) is 5.44. The third-order valence-electron chi connectivity index (χ3n) is 3.43. The number of carbonyl (C=O) groups is 1. The van der Waals surface area contributed by atoms with Crippen LogP contribution >= 0.6 is 12.2 Å². The molecule has 0 aliphatic rings. The summed E-state index contributed by atoms with van der Waals surface area (Å²) in [7, 11) is 0. The number of carbonyl (C=O) groups excluding carboxylic acids is 1. The van der Waals surface area contributed by atoms with E-state index >= 15 is 0 Å². The maximum absolute atomic E-state index is 11.3. The molecule has 2 N–H and O–H groups in total. The zero-order valence-corrected chi connectivity index (χ0v) is 14.8. The monoisotopic (exact) mass is 342 g/mol. The molecule has 0 spiro atoms. The molecule has 2 aromatic carbocycles. The Kier molecular flexibility index (Phi) is 6.75. The van der Waals surface area contributed by atoms with E-state index in [1.165, 1.54) is 0 Å². The molecule has 0 aromatic heterocycles. The summed E-state index contributed by atoms with van der Waals surface area (Å²) in [6.45, 7) is 4.42. The topological polar surface area (TPSA) is 50.4 Å². The molecule has 0 heterocycles. The lowest BCUT2D eigenvalue weighted by Crippen LogP contribution is -2.19. The SMILES string of the molecule is CCCCOc1ccc(NC(=S)Nc2ccc(C(C)=O)cc2)cc1. The van der Waals surface area contributed by atoms with E-state index in [1.807, 2.05) is 36.4 Å². The predicted molar refractivity (Wildman–Crippen MR) is 103 cm³/mol. The Balaban J connectivity index is 1.86. The molecule has 4 nitrogen and oxygen atoms in total. The van der Waals surface area contributed by atoms with Crippen molar-refractivity contribution in [1.29, 1.82) is 0 Å². The van der Waals surface area contributed by atoms with Crippen LogP contribution in [-0.2, 0) is 0 Å². The number of hydrogen-bond acceptors (Lipinski definition) is 3. The van der Waals surface area contributed by atoms with E-state index in [4.69, 9.17) is 17.0 Å². The molecule has 5 heteroatoms. The fourth-order valence-corrected chi connectivity index (χ4v) is 2.29. The van der Waals surface area contributed by atoms with Gasteiger partial charge in [0, 0.05) is 16.9 Å². The highest BCUT2D eigenvalue weighted by atomic mass is 32.1. The molecule has 0 aliphatic carbocycles. The lowest BCUT2D eigenvalue weighted by Gasteiger charge is -2.11. The van der Waals surface area contributed by atoms with Gasteiger partial charge in [0.15, 0.2) is 10.9 Å². The molecule has 0 saturated carbocycles. The summed E-state index contributed by atoms with van der Waals surface area (Å²) in [6, 6.07) is 14.9. The van der Waals surface area contributed by atoms with Crippen LogP contribution in [-0.4, -0.2) is 17.5 Å². The van der Waals surface area contributed by atoms with Gasteiger partial charge < -0.3 is 15.4 Å². The van der Waals surface area contributed by atoms with Crippen molar-refractivity contribution in [3.05, 3.63) is 54.1 Å². The van der Waals surface area contributed by atoms with Gasteiger partial charge in [0.2, 0.25) is 0 Å². The number of thiocarbonyl (C=S) groups is 1. The van der Waals surface area contributed by atoms with Gasteiger partial charge in [-0.3, -0.25) is 4.79 Å². The van der Waals surface area contributed by atoms with E-state index in [-0.39, 0.29) is 5.78 Å². The summed E-state index contributed by atoms with van der Waals surface area (Å²) in [4.78, 5) is 11.3. The van der Waals surface area contributed by atoms with Crippen molar-refractivity contribution in [1.82, 2.24) is 0 Å². The lowest BCUT2D eigenvalue weighted by atomic mass is 10.1. The number of ether oxygens (including phenoxy) is 1. The predicted octanol–water partition coefficient (Wildman–Crippen LogP) is 4.88. The maximum atomic E-state index is 11.3. The third kappa shape index (κ3) is 5.66. The third-order valence-corrected chi connectivity index (χ3v) is 3.63. The molecule has 2 rings (SSSR count). The largest absolute Gasteiger partial charge is 0.494 e.